The third kappa shape index (κ3) is 6.84. The predicted octanol–water partition coefficient (Wildman–Crippen LogP) is 1.87. The van der Waals surface area contributed by atoms with Crippen molar-refractivity contribution >= 4 is 5.96 Å². The molecule has 2 N–H and O–H groups in total. The molecule has 19 heavy (non-hydrogen) atoms. The van der Waals surface area contributed by atoms with Crippen LogP contribution in [0.5, 0.6) is 0 Å². The second-order valence-electron chi connectivity index (χ2n) is 4.92. The van der Waals surface area contributed by atoms with E-state index in [9.17, 15) is 0 Å². The Bertz CT molecular complexity index is 345. The lowest BCUT2D eigenvalue weighted by Crippen LogP contribution is -2.40. The molecule has 5 nitrogen and oxygen atoms in total. The zero-order valence-corrected chi connectivity index (χ0v) is 12.4. The second-order valence-corrected chi connectivity index (χ2v) is 4.92. The van der Waals surface area contributed by atoms with Crippen molar-refractivity contribution in [2.45, 2.75) is 39.7 Å². The zero-order valence-electron chi connectivity index (χ0n) is 12.4. The molecule has 0 radical (unpaired) electrons. The van der Waals surface area contributed by atoms with E-state index in [0.29, 0.717) is 5.92 Å². The maximum atomic E-state index is 4.23. The van der Waals surface area contributed by atoms with E-state index >= 15 is 0 Å². The summed E-state index contributed by atoms with van der Waals surface area (Å²) in [5.74, 6) is 1.40. The van der Waals surface area contributed by atoms with E-state index in [1.54, 1.807) is 0 Å². The van der Waals surface area contributed by atoms with Gasteiger partial charge in [0.15, 0.2) is 5.96 Å². The fraction of sp³-hybridized carbons (Fsp3) is 0.714. The van der Waals surface area contributed by atoms with Crippen molar-refractivity contribution in [2.75, 3.05) is 20.1 Å². The van der Waals surface area contributed by atoms with Crippen molar-refractivity contribution < 1.29 is 0 Å². The summed E-state index contributed by atoms with van der Waals surface area (Å²) in [4.78, 5) is 4.23. The van der Waals surface area contributed by atoms with Crippen LogP contribution in [0, 0.1) is 5.92 Å². The number of aromatic nitrogens is 2. The van der Waals surface area contributed by atoms with Gasteiger partial charge < -0.3 is 10.6 Å². The summed E-state index contributed by atoms with van der Waals surface area (Å²) in [6.45, 7) is 7.23. The smallest absolute Gasteiger partial charge is 0.190 e. The van der Waals surface area contributed by atoms with Gasteiger partial charge in [-0.15, -0.1) is 0 Å². The quantitative estimate of drug-likeness (QED) is 0.429. The lowest BCUT2D eigenvalue weighted by molar-refractivity contribution is 0.443. The second kappa shape index (κ2) is 9.42. The minimum atomic E-state index is 0.508. The van der Waals surface area contributed by atoms with Gasteiger partial charge in [-0.2, -0.15) is 5.10 Å². The number of guanidine groups is 1. The van der Waals surface area contributed by atoms with Crippen LogP contribution in [0.4, 0.5) is 0 Å². The minimum absolute atomic E-state index is 0.508. The van der Waals surface area contributed by atoms with E-state index in [2.05, 4.69) is 34.6 Å². The van der Waals surface area contributed by atoms with Crippen LogP contribution in [0.3, 0.4) is 0 Å². The van der Waals surface area contributed by atoms with E-state index in [1.807, 2.05) is 30.2 Å². The van der Waals surface area contributed by atoms with Crippen LogP contribution in [-0.2, 0) is 6.54 Å². The highest BCUT2D eigenvalue weighted by atomic mass is 15.3. The van der Waals surface area contributed by atoms with Gasteiger partial charge in [-0.3, -0.25) is 9.67 Å². The number of unbranched alkanes of at least 4 members (excludes halogenated alkanes) is 2. The molecule has 1 rings (SSSR count). The molecule has 0 bridgehead atoms. The Balaban J connectivity index is 2.17. The molecule has 108 valence electrons. The first-order valence-electron chi connectivity index (χ1n) is 7.18. The largest absolute Gasteiger partial charge is 0.356 e. The molecule has 0 aromatic carbocycles. The first kappa shape index (κ1) is 15.5. The highest BCUT2D eigenvalue weighted by Gasteiger charge is 2.04. The van der Waals surface area contributed by atoms with E-state index in [4.69, 9.17) is 0 Å². The van der Waals surface area contributed by atoms with Crippen LogP contribution in [0.15, 0.2) is 23.5 Å². The maximum absolute atomic E-state index is 4.23. The van der Waals surface area contributed by atoms with Crippen molar-refractivity contribution in [1.82, 2.24) is 20.4 Å². The summed E-state index contributed by atoms with van der Waals surface area (Å²) in [5, 5.41) is 10.9. The van der Waals surface area contributed by atoms with Crippen LogP contribution in [0.2, 0.25) is 0 Å². The van der Waals surface area contributed by atoms with Gasteiger partial charge in [-0.1, -0.05) is 26.7 Å². The van der Waals surface area contributed by atoms with E-state index in [0.717, 1.165) is 25.6 Å². The molecule has 1 aromatic rings. The molecular weight excluding hydrogens is 238 g/mol. The average molecular weight is 265 g/mol. The molecule has 0 fully saturated rings. The maximum Gasteiger partial charge on any atom is 0.190 e. The molecule has 0 amide bonds. The summed E-state index contributed by atoms with van der Waals surface area (Å²) in [6, 6.07) is 1.95. The number of nitrogens with zero attached hydrogens (tertiary/aromatic N) is 3. The summed E-state index contributed by atoms with van der Waals surface area (Å²) in [5.41, 5.74) is 0. The average Bonchev–Trinajstić information content (AvgIpc) is 2.91. The number of rotatable bonds is 8. The standard InChI is InChI=1S/C14H27N5/c1-4-5-6-8-16-14(15-3)17-11-13(2)12-19-10-7-9-18-19/h7,9-10,13H,4-6,8,11-12H2,1-3H3,(H2,15,16,17). The van der Waals surface area contributed by atoms with Gasteiger partial charge in [0, 0.05) is 39.1 Å². The normalized spacial score (nSPS) is 13.3. The topological polar surface area (TPSA) is 54.2 Å². The van der Waals surface area contributed by atoms with Crippen LogP contribution >= 0.6 is 0 Å². The Kier molecular flexibility index (Phi) is 7.70. The lowest BCUT2D eigenvalue weighted by Gasteiger charge is -2.16. The molecule has 0 saturated heterocycles. The SMILES string of the molecule is CCCCCNC(=NC)NCC(C)Cn1cccn1. The summed E-state index contributed by atoms with van der Waals surface area (Å²) < 4.78 is 1.96. The predicted molar refractivity (Wildman–Crippen MR) is 80.3 cm³/mol. The van der Waals surface area contributed by atoms with Crippen molar-refractivity contribution in [3.8, 4) is 0 Å². The van der Waals surface area contributed by atoms with E-state index in [1.165, 1.54) is 19.3 Å². The number of aliphatic imine (C=N–C) groups is 1. The van der Waals surface area contributed by atoms with Crippen LogP contribution in [0.1, 0.15) is 33.1 Å². The first-order chi connectivity index (χ1) is 9.26. The summed E-state index contributed by atoms with van der Waals surface area (Å²) >= 11 is 0. The van der Waals surface area contributed by atoms with Crippen molar-refractivity contribution in [1.29, 1.82) is 0 Å². The fourth-order valence-corrected chi connectivity index (χ4v) is 1.87. The van der Waals surface area contributed by atoms with Crippen LogP contribution < -0.4 is 10.6 Å². The molecule has 0 aliphatic carbocycles. The molecule has 0 spiro atoms. The lowest BCUT2D eigenvalue weighted by atomic mass is 10.2. The van der Waals surface area contributed by atoms with Crippen LogP contribution in [-0.4, -0.2) is 35.9 Å². The summed E-state index contributed by atoms with van der Waals surface area (Å²) in [6.07, 6.45) is 7.51. The van der Waals surface area contributed by atoms with Gasteiger partial charge in [0.05, 0.1) is 0 Å². The molecule has 0 aliphatic rings. The van der Waals surface area contributed by atoms with Crippen molar-refractivity contribution in [2.24, 2.45) is 10.9 Å². The Hall–Kier alpha value is -1.52. The van der Waals surface area contributed by atoms with E-state index in [-0.39, 0.29) is 0 Å². The highest BCUT2D eigenvalue weighted by molar-refractivity contribution is 5.79. The van der Waals surface area contributed by atoms with Gasteiger partial charge >= 0.3 is 0 Å². The molecule has 1 heterocycles. The van der Waals surface area contributed by atoms with Gasteiger partial charge in [-0.05, 0) is 18.4 Å². The van der Waals surface area contributed by atoms with Crippen molar-refractivity contribution in [3.63, 3.8) is 0 Å². The highest BCUT2D eigenvalue weighted by Crippen LogP contribution is 1.97. The third-order valence-corrected chi connectivity index (χ3v) is 2.97. The molecule has 1 unspecified atom stereocenters. The van der Waals surface area contributed by atoms with Gasteiger partial charge in [-0.25, -0.2) is 0 Å². The molecular formula is C14H27N5. The number of hydrogen-bond donors (Lipinski definition) is 2. The Labute approximate surface area is 116 Å². The van der Waals surface area contributed by atoms with Gasteiger partial charge in [0.1, 0.15) is 0 Å². The fourth-order valence-electron chi connectivity index (χ4n) is 1.87. The van der Waals surface area contributed by atoms with E-state index < -0.39 is 0 Å². The molecule has 0 aliphatic heterocycles. The number of nitrogens with one attached hydrogen (secondary N) is 2. The van der Waals surface area contributed by atoms with Gasteiger partial charge in [0.2, 0.25) is 0 Å². The minimum Gasteiger partial charge on any atom is -0.356 e. The molecule has 5 heteroatoms. The Morgan fingerprint density at radius 1 is 1.37 bits per heavy atom. The Morgan fingerprint density at radius 3 is 2.84 bits per heavy atom. The van der Waals surface area contributed by atoms with Crippen molar-refractivity contribution in [3.05, 3.63) is 18.5 Å². The molecule has 0 saturated carbocycles. The zero-order chi connectivity index (χ0) is 13.9. The first-order valence-corrected chi connectivity index (χ1v) is 7.18. The molecule has 1 aromatic heterocycles. The third-order valence-electron chi connectivity index (χ3n) is 2.97. The Morgan fingerprint density at radius 2 is 2.21 bits per heavy atom. The number of hydrogen-bond acceptors (Lipinski definition) is 2. The summed E-state index contributed by atoms with van der Waals surface area (Å²) in [7, 11) is 1.81. The van der Waals surface area contributed by atoms with Crippen LogP contribution in [0.25, 0.3) is 0 Å². The van der Waals surface area contributed by atoms with Gasteiger partial charge in [0.25, 0.3) is 0 Å². The monoisotopic (exact) mass is 265 g/mol. The molecule has 1 atom stereocenters.